The molecular formula is C65H60N2O2. The zero-order valence-corrected chi connectivity index (χ0v) is 40.4. The first-order valence-corrected chi connectivity index (χ1v) is 25.6. The normalized spacial score (nSPS) is 13.8. The predicted octanol–water partition coefficient (Wildman–Crippen LogP) is 18.2. The van der Waals surface area contributed by atoms with E-state index in [0.717, 1.165) is 108 Å². The van der Waals surface area contributed by atoms with Crippen molar-refractivity contribution in [1.29, 1.82) is 0 Å². The predicted molar refractivity (Wildman–Crippen MR) is 293 cm³/mol. The molecule has 0 spiro atoms. The zero-order chi connectivity index (χ0) is 46.6. The number of nitrogens with zero attached hydrogens (tertiary/aromatic N) is 2. The number of fused-ring (bicyclic) bond motifs is 8. The first kappa shape index (κ1) is 43.0. The topological polar surface area (TPSA) is 32.8 Å². The highest BCUT2D eigenvalue weighted by molar-refractivity contribution is 6.33. The Morgan fingerprint density at radius 1 is 0.449 bits per heavy atom. The highest BCUT2D eigenvalue weighted by Gasteiger charge is 2.28. The number of rotatable bonds is 15. The van der Waals surface area contributed by atoms with Gasteiger partial charge < -0.3 is 18.6 Å². The number of hydrogen-bond donors (Lipinski definition) is 0. The van der Waals surface area contributed by atoms with Crippen LogP contribution in [0, 0.1) is 0 Å². The number of hydrogen-bond acceptors (Lipinski definition) is 4. The van der Waals surface area contributed by atoms with Crippen LogP contribution in [0.4, 0.5) is 22.7 Å². The van der Waals surface area contributed by atoms with Crippen molar-refractivity contribution in [3.63, 3.8) is 0 Å². The Morgan fingerprint density at radius 3 is 1.49 bits per heavy atom. The fourth-order valence-electron chi connectivity index (χ4n) is 11.6. The summed E-state index contributed by atoms with van der Waals surface area (Å²) in [5, 5.41) is 10.7. The van der Waals surface area contributed by atoms with E-state index in [1.807, 2.05) is 0 Å². The van der Waals surface area contributed by atoms with Gasteiger partial charge >= 0.3 is 0 Å². The Kier molecular flexibility index (Phi) is 11.2. The van der Waals surface area contributed by atoms with Gasteiger partial charge in [0.05, 0.1) is 6.04 Å². The third-order valence-electron chi connectivity index (χ3n) is 14.7. The van der Waals surface area contributed by atoms with Crippen LogP contribution in [0.15, 0.2) is 167 Å². The van der Waals surface area contributed by atoms with Crippen LogP contribution in [0.2, 0.25) is 0 Å². The number of aryl methyl sites for hydroxylation is 4. The van der Waals surface area contributed by atoms with Crippen molar-refractivity contribution in [2.75, 3.05) is 9.80 Å². The fourth-order valence-corrected chi connectivity index (χ4v) is 11.6. The largest absolute Gasteiger partial charge is 0.460 e. The third-order valence-corrected chi connectivity index (χ3v) is 14.7. The second kappa shape index (κ2) is 18.0. The Balaban J connectivity index is 0.927. The molecule has 4 heteroatoms. The summed E-state index contributed by atoms with van der Waals surface area (Å²) in [5.41, 5.74) is 15.6. The average molecular weight is 901 g/mol. The Bertz CT molecular complexity index is 3620. The minimum Gasteiger partial charge on any atom is -0.460 e. The lowest BCUT2D eigenvalue weighted by molar-refractivity contribution is 0.531. The highest BCUT2D eigenvalue weighted by atomic mass is 16.3. The van der Waals surface area contributed by atoms with E-state index in [9.17, 15) is 0 Å². The molecule has 1 aliphatic carbocycles. The van der Waals surface area contributed by atoms with E-state index in [2.05, 4.69) is 201 Å². The van der Waals surface area contributed by atoms with Gasteiger partial charge in [-0.2, -0.15) is 0 Å². The Labute approximate surface area is 405 Å². The van der Waals surface area contributed by atoms with Crippen molar-refractivity contribution in [3.8, 4) is 0 Å². The van der Waals surface area contributed by atoms with Gasteiger partial charge in [-0.25, -0.2) is 0 Å². The summed E-state index contributed by atoms with van der Waals surface area (Å²) in [6.45, 7) is 9.75. The summed E-state index contributed by atoms with van der Waals surface area (Å²) in [5.74, 6) is 1.04. The summed E-state index contributed by atoms with van der Waals surface area (Å²) >= 11 is 0. The maximum Gasteiger partial charge on any atom is 0.143 e. The van der Waals surface area contributed by atoms with Crippen molar-refractivity contribution >= 4 is 94.1 Å². The summed E-state index contributed by atoms with van der Waals surface area (Å²) in [6.07, 6.45) is 14.3. The molecule has 0 amide bonds. The second-order valence-electron chi connectivity index (χ2n) is 19.6. The molecule has 2 aromatic heterocycles. The molecule has 0 saturated heterocycles. The van der Waals surface area contributed by atoms with Crippen molar-refractivity contribution in [2.24, 2.45) is 0 Å². The molecule has 9 aromatic carbocycles. The van der Waals surface area contributed by atoms with Gasteiger partial charge in [0.15, 0.2) is 0 Å². The van der Waals surface area contributed by atoms with Crippen LogP contribution in [-0.4, -0.2) is 6.04 Å². The number of furan rings is 2. The first-order valence-electron chi connectivity index (χ1n) is 25.6. The van der Waals surface area contributed by atoms with E-state index in [-0.39, 0.29) is 6.04 Å². The Morgan fingerprint density at radius 2 is 0.942 bits per heavy atom. The maximum atomic E-state index is 7.10. The van der Waals surface area contributed by atoms with Gasteiger partial charge in [0.25, 0.3) is 0 Å². The average Bonchev–Trinajstić information content (AvgIpc) is 3.93. The molecule has 0 N–H and O–H groups in total. The van der Waals surface area contributed by atoms with Gasteiger partial charge in [-0.05, 0) is 143 Å². The SMILES string of the molecule is CCCc1cccc(N(Cc2ccc3c(c2)oc2c3cc3ccc4c5oc6c(c5cc5ccc2c3c54)C=CC(N(c2cccc(CCC)c2)c2cccc(CCC)c2)C6)c2cccc(CCC)c2)c1. The van der Waals surface area contributed by atoms with Crippen LogP contribution in [0.5, 0.6) is 0 Å². The third kappa shape index (κ3) is 7.71. The standard InChI is InChI=1S/C65H60N2O2/c1-5-13-42-17-9-21-49(33-42)66(50-22-10-18-43(34-50)14-6-2)41-46-25-29-54-58-38-47-27-31-57-63-48(26-30-56(62(47)63)64(58)68-60(54)37-46)39-59-55-32-28-53(40-61(55)69-65(57)59)67(51-23-11-19-44(35-51)15-7-3)52-24-12-20-45(36-52)16-8-4/h9-12,17-39,53H,5-8,13-16,40-41H2,1-4H3. The molecule has 4 nitrogen and oxygen atoms in total. The summed E-state index contributed by atoms with van der Waals surface area (Å²) in [6, 6.07) is 57.2. The van der Waals surface area contributed by atoms with Gasteiger partial charge in [-0.15, -0.1) is 0 Å². The lowest BCUT2D eigenvalue weighted by Gasteiger charge is -2.34. The van der Waals surface area contributed by atoms with Crippen LogP contribution >= 0.6 is 0 Å². The van der Waals surface area contributed by atoms with E-state index in [1.54, 1.807) is 0 Å². The summed E-state index contributed by atoms with van der Waals surface area (Å²) in [7, 11) is 0. The van der Waals surface area contributed by atoms with Crippen LogP contribution in [0.1, 0.15) is 92.5 Å². The lowest BCUT2D eigenvalue weighted by atomic mass is 9.90. The molecule has 2 heterocycles. The minimum atomic E-state index is 0.0968. The summed E-state index contributed by atoms with van der Waals surface area (Å²) in [4.78, 5) is 5.00. The lowest BCUT2D eigenvalue weighted by Crippen LogP contribution is -2.32. The van der Waals surface area contributed by atoms with Gasteiger partial charge in [0, 0.05) is 79.0 Å². The van der Waals surface area contributed by atoms with E-state index in [1.165, 1.54) is 83.1 Å². The van der Waals surface area contributed by atoms with Crippen LogP contribution in [-0.2, 0) is 38.6 Å². The van der Waals surface area contributed by atoms with E-state index >= 15 is 0 Å². The molecule has 11 aromatic rings. The Hall–Kier alpha value is -7.30. The molecule has 1 unspecified atom stereocenters. The van der Waals surface area contributed by atoms with Gasteiger partial charge in [-0.1, -0.05) is 138 Å². The molecule has 1 aliphatic rings. The van der Waals surface area contributed by atoms with Crippen molar-refractivity contribution < 1.29 is 8.83 Å². The summed E-state index contributed by atoms with van der Waals surface area (Å²) < 4.78 is 14.1. The van der Waals surface area contributed by atoms with E-state index < -0.39 is 0 Å². The molecule has 0 saturated carbocycles. The van der Waals surface area contributed by atoms with E-state index in [4.69, 9.17) is 8.83 Å². The quantitative estimate of drug-likeness (QED) is 0.0960. The van der Waals surface area contributed by atoms with Crippen molar-refractivity contribution in [2.45, 2.75) is 98.1 Å². The molecule has 1 atom stereocenters. The molecule has 342 valence electrons. The molecular weight excluding hydrogens is 841 g/mol. The van der Waals surface area contributed by atoms with Gasteiger partial charge in [-0.3, -0.25) is 0 Å². The smallest absolute Gasteiger partial charge is 0.143 e. The van der Waals surface area contributed by atoms with Gasteiger partial charge in [0.1, 0.15) is 22.5 Å². The van der Waals surface area contributed by atoms with Crippen LogP contribution in [0.3, 0.4) is 0 Å². The van der Waals surface area contributed by atoms with Crippen LogP contribution < -0.4 is 9.80 Å². The van der Waals surface area contributed by atoms with Crippen LogP contribution in [0.25, 0.3) is 71.3 Å². The van der Waals surface area contributed by atoms with Crippen molar-refractivity contribution in [3.05, 3.63) is 197 Å². The first-order chi connectivity index (χ1) is 34.0. The monoisotopic (exact) mass is 900 g/mol. The van der Waals surface area contributed by atoms with E-state index in [0.29, 0.717) is 0 Å². The molecule has 0 bridgehead atoms. The maximum absolute atomic E-state index is 7.10. The van der Waals surface area contributed by atoms with Gasteiger partial charge in [0.2, 0.25) is 0 Å². The minimum absolute atomic E-state index is 0.0968. The van der Waals surface area contributed by atoms with Crippen molar-refractivity contribution in [1.82, 2.24) is 0 Å². The molecule has 0 fully saturated rings. The molecule has 0 aliphatic heterocycles. The zero-order valence-electron chi connectivity index (χ0n) is 40.4. The highest BCUT2D eigenvalue weighted by Crippen LogP contribution is 2.46. The second-order valence-corrected chi connectivity index (χ2v) is 19.6. The molecule has 69 heavy (non-hydrogen) atoms. The molecule has 12 rings (SSSR count). The fraction of sp³-hybridized carbons (Fsp3) is 0.231. The number of anilines is 4. The molecule has 0 radical (unpaired) electrons. The number of benzene rings is 9.